The van der Waals surface area contributed by atoms with Crippen LogP contribution >= 0.6 is 0 Å². The van der Waals surface area contributed by atoms with Crippen LogP contribution < -0.4 is 39.4 Å². The van der Waals surface area contributed by atoms with E-state index in [1.807, 2.05) is 42.5 Å². The molecule has 5 aromatic carbocycles. The molecule has 2 heterocycles. The summed E-state index contributed by atoms with van der Waals surface area (Å²) in [5.74, 6) is 3.15. The number of fused-ring (bicyclic) bond motifs is 2. The molecule has 11 heteroatoms. The summed E-state index contributed by atoms with van der Waals surface area (Å²) in [4.78, 5) is 4.70. The summed E-state index contributed by atoms with van der Waals surface area (Å²) in [5, 5.41) is 47.6. The van der Waals surface area contributed by atoms with E-state index in [-0.39, 0.29) is 68.5 Å². The number of benzene rings is 5. The molecule has 7 rings (SSSR count). The van der Waals surface area contributed by atoms with E-state index in [0.29, 0.717) is 39.3 Å². The van der Waals surface area contributed by atoms with Crippen LogP contribution in [-0.2, 0) is 69.6 Å². The van der Waals surface area contributed by atoms with Gasteiger partial charge in [0.05, 0.1) is 0 Å². The van der Waals surface area contributed by atoms with E-state index < -0.39 is 12.2 Å². The minimum absolute atomic E-state index is 0. The Morgan fingerprint density at radius 2 is 0.792 bits per heavy atom. The maximum atomic E-state index is 14.3. The molecule has 10 nitrogen and oxygen atoms in total. The van der Waals surface area contributed by atoms with Gasteiger partial charge >= 0.3 is 21.7 Å². The van der Waals surface area contributed by atoms with Gasteiger partial charge in [-0.25, -0.2) is 0 Å². The SMILES string of the molecule is CC(C)(C)c1cc(CN(CCN(Cc2ccc3c(c2)OCO3)Cc2cc(C(C)(C)C)cc(C(C)(C)C)c2[O-])Cc2ccc3c(c2)OCO3)c([O-])c(C(C)(C)C)c1.CC(C)[O-].CC(C)[O-].Cc1ccccc1.[Ti+4]. The summed E-state index contributed by atoms with van der Waals surface area (Å²) in [6, 6.07) is 30.9. The van der Waals surface area contributed by atoms with E-state index in [4.69, 9.17) is 18.9 Å². The van der Waals surface area contributed by atoms with E-state index in [1.165, 1.54) is 5.56 Å². The molecule has 0 bridgehead atoms. The Balaban J connectivity index is 0.000000742. The van der Waals surface area contributed by atoms with Crippen molar-refractivity contribution in [1.29, 1.82) is 0 Å². The molecule has 0 amide bonds. The molecular formula is C61H84N2O8Ti. The van der Waals surface area contributed by atoms with Gasteiger partial charge < -0.3 is 39.4 Å². The number of hydrogen-bond acceptors (Lipinski definition) is 10. The van der Waals surface area contributed by atoms with Crippen LogP contribution in [0.25, 0.3) is 0 Å². The standard InChI is InChI=1S/C48H64N2O6.C7H8.2C3H7O.Ti/c1-45(2,3)35-21-33(43(51)37(23-35)47(7,8)9)27-49(25-31-13-15-39-41(19-31)55-29-53-39)17-18-50(26-32-14-16-40-42(20-32)56-30-54-40)28-34-22-36(46(4,5)6)24-38(44(34)52)48(10,11)12;1-7-5-3-2-4-6-7;2*1-3(2)4;/h13-16,19-24,51-52H,17-18,25-30H2,1-12H3;2-6H,1H3;2*3H,1-2H3;/q;;2*-1;+4/p-2. The Labute approximate surface area is 448 Å². The van der Waals surface area contributed by atoms with Crippen LogP contribution in [-0.4, -0.2) is 48.7 Å². The van der Waals surface area contributed by atoms with Crippen molar-refractivity contribution in [2.75, 3.05) is 26.7 Å². The molecule has 0 N–H and O–H groups in total. The molecule has 5 aromatic rings. The number of ether oxygens (including phenoxy) is 4. The van der Waals surface area contributed by atoms with Crippen LogP contribution in [0, 0.1) is 6.92 Å². The summed E-state index contributed by atoms with van der Waals surface area (Å²) in [6.07, 6.45) is -0.833. The van der Waals surface area contributed by atoms with Crippen LogP contribution in [0.2, 0.25) is 0 Å². The molecule has 0 spiro atoms. The second-order valence-corrected chi connectivity index (χ2v) is 23.6. The smallest absolute Gasteiger partial charge is 0.872 e. The van der Waals surface area contributed by atoms with Crippen molar-refractivity contribution in [2.24, 2.45) is 0 Å². The Morgan fingerprint density at radius 3 is 1.08 bits per heavy atom. The molecule has 0 saturated carbocycles. The molecule has 0 saturated heterocycles. The van der Waals surface area contributed by atoms with E-state index in [2.05, 4.69) is 148 Å². The molecule has 0 unspecified atom stereocenters. The maximum Gasteiger partial charge on any atom is 4.00 e. The van der Waals surface area contributed by atoms with Crippen molar-refractivity contribution < 1.29 is 61.1 Å². The van der Waals surface area contributed by atoms with Crippen LogP contribution in [0.1, 0.15) is 161 Å². The molecule has 2 aliphatic heterocycles. The quantitative estimate of drug-likeness (QED) is 0.118. The van der Waals surface area contributed by atoms with Crippen LogP contribution in [0.3, 0.4) is 0 Å². The van der Waals surface area contributed by atoms with Crippen molar-refractivity contribution in [1.82, 2.24) is 9.80 Å². The fraction of sp³-hybridized carbons (Fsp3) is 0.508. The van der Waals surface area contributed by atoms with Crippen molar-refractivity contribution in [3.8, 4) is 34.5 Å². The first-order chi connectivity index (χ1) is 32.9. The largest absolute Gasteiger partial charge is 4.00 e. The molecule has 0 fully saturated rings. The normalized spacial score (nSPS) is 13.0. The van der Waals surface area contributed by atoms with Gasteiger partial charge in [-0.2, -0.15) is 0 Å². The zero-order valence-electron chi connectivity index (χ0n) is 46.6. The number of hydrogen-bond donors (Lipinski definition) is 0. The van der Waals surface area contributed by atoms with Crippen molar-refractivity contribution in [2.45, 2.75) is 178 Å². The minimum atomic E-state index is -0.417. The third-order valence-corrected chi connectivity index (χ3v) is 11.8. The van der Waals surface area contributed by atoms with E-state index >= 15 is 0 Å². The van der Waals surface area contributed by atoms with Gasteiger partial charge in [0.25, 0.3) is 0 Å². The minimum Gasteiger partial charge on any atom is -0.872 e. The summed E-state index contributed by atoms with van der Waals surface area (Å²) in [6.45, 7) is 38.2. The van der Waals surface area contributed by atoms with E-state index in [1.54, 1.807) is 27.7 Å². The second kappa shape index (κ2) is 26.6. The third kappa shape index (κ3) is 19.4. The molecule has 0 aliphatic carbocycles. The zero-order chi connectivity index (χ0) is 53.1. The fourth-order valence-electron chi connectivity index (χ4n) is 7.92. The van der Waals surface area contributed by atoms with Gasteiger partial charge in [0.15, 0.2) is 23.0 Å². The van der Waals surface area contributed by atoms with Gasteiger partial charge in [-0.05, 0) is 97.4 Å². The monoisotopic (exact) mass is 1020 g/mol. The van der Waals surface area contributed by atoms with E-state index in [0.717, 1.165) is 67.5 Å². The predicted molar refractivity (Wildman–Crippen MR) is 281 cm³/mol. The van der Waals surface area contributed by atoms with Crippen LogP contribution in [0.4, 0.5) is 0 Å². The van der Waals surface area contributed by atoms with Gasteiger partial charge in [0.2, 0.25) is 13.6 Å². The van der Waals surface area contributed by atoms with Gasteiger partial charge in [0, 0.05) is 39.3 Å². The number of rotatable bonds is 11. The average Bonchev–Trinajstić information content (AvgIpc) is 3.92. The number of aryl methyl sites for hydroxylation is 1. The summed E-state index contributed by atoms with van der Waals surface area (Å²) in [5.41, 5.74) is 8.16. The summed E-state index contributed by atoms with van der Waals surface area (Å²) >= 11 is 0. The Kier molecular flexibility index (Phi) is 22.8. The summed E-state index contributed by atoms with van der Waals surface area (Å²) < 4.78 is 22.8. The molecule has 2 aliphatic rings. The van der Waals surface area contributed by atoms with Crippen molar-refractivity contribution in [3.63, 3.8) is 0 Å². The number of nitrogens with zero attached hydrogens (tertiary/aromatic N) is 2. The maximum absolute atomic E-state index is 14.3. The molecule has 0 aromatic heterocycles. The molecule has 390 valence electrons. The Hall–Kier alpha value is -4.55. The molecule has 0 atom stereocenters. The zero-order valence-corrected chi connectivity index (χ0v) is 48.2. The average molecular weight is 1020 g/mol. The Bertz CT molecular complexity index is 2300. The van der Waals surface area contributed by atoms with Crippen molar-refractivity contribution in [3.05, 3.63) is 141 Å². The first kappa shape index (κ1) is 61.8. The molecule has 72 heavy (non-hydrogen) atoms. The first-order valence-corrected chi connectivity index (χ1v) is 25.2. The topological polar surface area (TPSA) is 136 Å². The molecular weight excluding hydrogens is 937 g/mol. The molecule has 0 radical (unpaired) electrons. The van der Waals surface area contributed by atoms with Crippen LogP contribution in [0.5, 0.6) is 34.5 Å². The van der Waals surface area contributed by atoms with Gasteiger partial charge in [-0.3, -0.25) is 9.80 Å². The van der Waals surface area contributed by atoms with Gasteiger partial charge in [0.1, 0.15) is 0 Å². The van der Waals surface area contributed by atoms with Crippen LogP contribution in [0.15, 0.2) is 91.0 Å². The van der Waals surface area contributed by atoms with Gasteiger partial charge in [-0.15, -0.1) is 23.7 Å². The fourth-order valence-corrected chi connectivity index (χ4v) is 7.92. The summed E-state index contributed by atoms with van der Waals surface area (Å²) in [7, 11) is 0. The predicted octanol–water partition coefficient (Wildman–Crippen LogP) is 10.7. The third-order valence-electron chi connectivity index (χ3n) is 11.8. The van der Waals surface area contributed by atoms with Crippen molar-refractivity contribution >= 4 is 0 Å². The first-order valence-electron chi connectivity index (χ1n) is 25.2. The van der Waals surface area contributed by atoms with Gasteiger partial charge in [-0.1, -0.05) is 183 Å². The Morgan fingerprint density at radius 1 is 0.458 bits per heavy atom. The second-order valence-electron chi connectivity index (χ2n) is 23.6. The van der Waals surface area contributed by atoms with E-state index in [9.17, 15) is 20.4 Å².